The molecule has 11 heteroatoms. The lowest BCUT2D eigenvalue weighted by Crippen LogP contribution is -2.55. The molecule has 7 nitrogen and oxygen atoms in total. The van der Waals surface area contributed by atoms with Crippen LogP contribution in [0, 0.1) is 30.2 Å². The Morgan fingerprint density at radius 1 is 0.941 bits per heavy atom. The fourth-order valence-corrected chi connectivity index (χ4v) is 3.52. The molecule has 2 aromatic rings. The molecule has 2 aromatic carbocycles. The Morgan fingerprint density at radius 3 is 2.26 bits per heavy atom. The van der Waals surface area contributed by atoms with Gasteiger partial charge in [0.15, 0.2) is 17.5 Å². The molecule has 1 aliphatic rings. The standard InChI is InChI=1S/C23H24F4N4O3/c1-13-3-4-15(11-17(13)25)23(34)31-9-7-30(8-10-31)14(2)22(33)28-12-19(32)29-18-6-5-16(24)20(26)21(18)27/h3-6,11,14H,7-10,12H2,1-2H3,(H,28,33)(H,29,32). The lowest BCUT2D eigenvalue weighted by Gasteiger charge is -2.37. The van der Waals surface area contributed by atoms with Gasteiger partial charge in [-0.15, -0.1) is 0 Å². The van der Waals surface area contributed by atoms with Crippen LogP contribution in [-0.2, 0) is 9.59 Å². The van der Waals surface area contributed by atoms with E-state index in [2.05, 4.69) is 10.6 Å². The highest BCUT2D eigenvalue weighted by molar-refractivity contribution is 5.95. The van der Waals surface area contributed by atoms with Gasteiger partial charge in [0.25, 0.3) is 5.91 Å². The maximum atomic E-state index is 13.8. The first-order chi connectivity index (χ1) is 16.1. The first kappa shape index (κ1) is 25.2. The van der Waals surface area contributed by atoms with Crippen molar-refractivity contribution in [1.82, 2.24) is 15.1 Å². The molecule has 1 aliphatic heterocycles. The average molecular weight is 480 g/mol. The van der Waals surface area contributed by atoms with Crippen LogP contribution < -0.4 is 10.6 Å². The van der Waals surface area contributed by atoms with Gasteiger partial charge in [-0.1, -0.05) is 6.07 Å². The molecule has 0 saturated carbocycles. The van der Waals surface area contributed by atoms with Crippen molar-refractivity contribution >= 4 is 23.4 Å². The van der Waals surface area contributed by atoms with E-state index < -0.39 is 53.4 Å². The molecule has 3 amide bonds. The molecule has 182 valence electrons. The maximum absolute atomic E-state index is 13.8. The number of aryl methyl sites for hydroxylation is 1. The van der Waals surface area contributed by atoms with Crippen molar-refractivity contribution in [2.75, 3.05) is 38.0 Å². The van der Waals surface area contributed by atoms with Crippen LogP contribution in [0.5, 0.6) is 0 Å². The third kappa shape index (κ3) is 5.71. The number of nitrogens with one attached hydrogen (secondary N) is 2. The summed E-state index contributed by atoms with van der Waals surface area (Å²) in [6.07, 6.45) is 0. The third-order valence-electron chi connectivity index (χ3n) is 5.68. The Hall–Kier alpha value is -3.47. The molecule has 1 heterocycles. The smallest absolute Gasteiger partial charge is 0.254 e. The van der Waals surface area contributed by atoms with E-state index in [9.17, 15) is 31.9 Å². The molecule has 1 unspecified atom stereocenters. The van der Waals surface area contributed by atoms with Crippen molar-refractivity contribution in [3.8, 4) is 0 Å². The number of anilines is 1. The van der Waals surface area contributed by atoms with Gasteiger partial charge in [-0.3, -0.25) is 19.3 Å². The van der Waals surface area contributed by atoms with Crippen molar-refractivity contribution in [1.29, 1.82) is 0 Å². The van der Waals surface area contributed by atoms with Gasteiger partial charge >= 0.3 is 0 Å². The van der Waals surface area contributed by atoms with Gasteiger partial charge in [-0.25, -0.2) is 17.6 Å². The van der Waals surface area contributed by atoms with Crippen LogP contribution >= 0.6 is 0 Å². The molecule has 34 heavy (non-hydrogen) atoms. The Morgan fingerprint density at radius 2 is 1.62 bits per heavy atom. The van der Waals surface area contributed by atoms with Crippen molar-refractivity contribution < 1.29 is 31.9 Å². The van der Waals surface area contributed by atoms with E-state index in [0.717, 1.165) is 6.07 Å². The predicted octanol–water partition coefficient (Wildman–Crippen LogP) is 2.45. The largest absolute Gasteiger partial charge is 0.346 e. The van der Waals surface area contributed by atoms with Crippen LogP contribution in [0.25, 0.3) is 0 Å². The number of hydrogen-bond donors (Lipinski definition) is 2. The van der Waals surface area contributed by atoms with Crippen molar-refractivity contribution in [2.45, 2.75) is 19.9 Å². The zero-order valence-corrected chi connectivity index (χ0v) is 18.6. The average Bonchev–Trinajstić information content (AvgIpc) is 2.83. The third-order valence-corrected chi connectivity index (χ3v) is 5.68. The number of rotatable bonds is 6. The minimum absolute atomic E-state index is 0.255. The normalized spacial score (nSPS) is 15.1. The number of benzene rings is 2. The second-order valence-corrected chi connectivity index (χ2v) is 7.96. The summed E-state index contributed by atoms with van der Waals surface area (Å²) >= 11 is 0. The summed E-state index contributed by atoms with van der Waals surface area (Å²) in [6, 6.07) is 5.25. The van der Waals surface area contributed by atoms with E-state index in [4.69, 9.17) is 0 Å². The number of amides is 3. The lowest BCUT2D eigenvalue weighted by atomic mass is 10.1. The van der Waals surface area contributed by atoms with Crippen molar-refractivity contribution in [3.05, 3.63) is 64.7 Å². The summed E-state index contributed by atoms with van der Waals surface area (Å²) < 4.78 is 53.7. The zero-order chi connectivity index (χ0) is 25.0. The minimum Gasteiger partial charge on any atom is -0.346 e. The highest BCUT2D eigenvalue weighted by atomic mass is 19.2. The molecule has 0 bridgehead atoms. The van der Waals surface area contributed by atoms with Crippen LogP contribution in [0.4, 0.5) is 23.2 Å². The molecule has 1 saturated heterocycles. The van der Waals surface area contributed by atoms with Gasteiger partial charge in [0, 0.05) is 31.7 Å². The predicted molar refractivity (Wildman–Crippen MR) is 116 cm³/mol. The summed E-state index contributed by atoms with van der Waals surface area (Å²) in [7, 11) is 0. The Balaban J connectivity index is 1.47. The molecule has 2 N–H and O–H groups in total. The number of hydrogen-bond acceptors (Lipinski definition) is 4. The topological polar surface area (TPSA) is 81.8 Å². The number of piperazine rings is 1. The van der Waals surface area contributed by atoms with E-state index in [1.165, 1.54) is 6.07 Å². The number of halogens is 4. The molecule has 1 atom stereocenters. The van der Waals surface area contributed by atoms with Crippen LogP contribution in [0.15, 0.2) is 30.3 Å². The Labute approximate surface area is 193 Å². The lowest BCUT2D eigenvalue weighted by molar-refractivity contribution is -0.128. The summed E-state index contributed by atoms with van der Waals surface area (Å²) in [4.78, 5) is 40.4. The van der Waals surface area contributed by atoms with E-state index >= 15 is 0 Å². The highest BCUT2D eigenvalue weighted by Gasteiger charge is 2.28. The summed E-state index contributed by atoms with van der Waals surface area (Å²) in [5, 5.41) is 4.48. The number of carbonyl (C=O) groups excluding carboxylic acids is 3. The fourth-order valence-electron chi connectivity index (χ4n) is 3.52. The van der Waals surface area contributed by atoms with Gasteiger partial charge in [-0.05, 0) is 43.7 Å². The van der Waals surface area contributed by atoms with Crippen LogP contribution in [0.1, 0.15) is 22.8 Å². The number of nitrogens with zero attached hydrogens (tertiary/aromatic N) is 2. The van der Waals surface area contributed by atoms with Crippen molar-refractivity contribution in [3.63, 3.8) is 0 Å². The second-order valence-electron chi connectivity index (χ2n) is 7.96. The molecule has 0 aromatic heterocycles. The Bertz CT molecular complexity index is 1100. The van der Waals surface area contributed by atoms with E-state index in [1.807, 2.05) is 4.90 Å². The number of carbonyl (C=O) groups is 3. The van der Waals surface area contributed by atoms with Crippen molar-refractivity contribution in [2.24, 2.45) is 0 Å². The molecular weight excluding hydrogens is 456 g/mol. The fraction of sp³-hybridized carbons (Fsp3) is 0.348. The summed E-state index contributed by atoms with van der Waals surface area (Å²) in [5.74, 6) is -6.66. The second kappa shape index (κ2) is 10.6. The highest BCUT2D eigenvalue weighted by Crippen LogP contribution is 2.19. The first-order valence-corrected chi connectivity index (χ1v) is 10.6. The van der Waals surface area contributed by atoms with E-state index in [0.29, 0.717) is 37.8 Å². The SMILES string of the molecule is Cc1ccc(C(=O)N2CCN(C(C)C(=O)NCC(=O)Nc3ccc(F)c(F)c3F)CC2)cc1F. The minimum atomic E-state index is -1.71. The van der Waals surface area contributed by atoms with Crippen LogP contribution in [0.2, 0.25) is 0 Å². The summed E-state index contributed by atoms with van der Waals surface area (Å²) in [5.41, 5.74) is 0.163. The van der Waals surface area contributed by atoms with Gasteiger partial charge in [0.1, 0.15) is 5.82 Å². The molecule has 0 radical (unpaired) electrons. The maximum Gasteiger partial charge on any atom is 0.254 e. The van der Waals surface area contributed by atoms with Gasteiger partial charge in [0.2, 0.25) is 11.8 Å². The zero-order valence-electron chi connectivity index (χ0n) is 18.6. The molecule has 3 rings (SSSR count). The molecule has 0 spiro atoms. The monoisotopic (exact) mass is 480 g/mol. The van der Waals surface area contributed by atoms with Gasteiger partial charge in [-0.2, -0.15) is 0 Å². The quantitative estimate of drug-likeness (QED) is 0.492. The summed E-state index contributed by atoms with van der Waals surface area (Å²) in [6.45, 7) is 4.19. The molecule has 1 fully saturated rings. The molecular formula is C23H24F4N4O3. The van der Waals surface area contributed by atoms with Gasteiger partial charge in [0.05, 0.1) is 18.3 Å². The van der Waals surface area contributed by atoms with Gasteiger partial charge < -0.3 is 15.5 Å². The van der Waals surface area contributed by atoms with E-state index in [1.54, 1.807) is 30.9 Å². The first-order valence-electron chi connectivity index (χ1n) is 10.6. The Kier molecular flexibility index (Phi) is 7.87. The molecule has 0 aliphatic carbocycles. The van der Waals surface area contributed by atoms with Crippen LogP contribution in [0.3, 0.4) is 0 Å². The van der Waals surface area contributed by atoms with Crippen LogP contribution in [-0.4, -0.2) is 66.3 Å². The van der Waals surface area contributed by atoms with E-state index in [-0.39, 0.29) is 11.5 Å².